The second-order valence-electron chi connectivity index (χ2n) is 7.81. The number of hydrogen-bond acceptors (Lipinski definition) is 6. The van der Waals surface area contributed by atoms with Gasteiger partial charge in [0.25, 0.3) is 0 Å². The van der Waals surface area contributed by atoms with Crippen molar-refractivity contribution in [2.75, 3.05) is 31.1 Å². The Hall–Kier alpha value is -2.05. The van der Waals surface area contributed by atoms with Crippen molar-refractivity contribution in [1.29, 1.82) is 0 Å². The lowest BCUT2D eigenvalue weighted by Crippen LogP contribution is -2.46. The number of fused-ring (bicyclic) bond motifs is 3. The van der Waals surface area contributed by atoms with Crippen LogP contribution in [0.2, 0.25) is 0 Å². The molecule has 0 saturated carbocycles. The van der Waals surface area contributed by atoms with Crippen molar-refractivity contribution in [2.24, 2.45) is 5.92 Å². The van der Waals surface area contributed by atoms with Crippen LogP contribution in [0.3, 0.4) is 0 Å². The van der Waals surface area contributed by atoms with E-state index in [-0.39, 0.29) is 0 Å². The number of hydrogen-bond donors (Lipinski definition) is 0. The zero-order valence-electron chi connectivity index (χ0n) is 15.8. The Kier molecular flexibility index (Phi) is 4.53. The van der Waals surface area contributed by atoms with E-state index >= 15 is 0 Å². The molecule has 140 valence electrons. The van der Waals surface area contributed by atoms with E-state index in [0.717, 1.165) is 50.2 Å². The monoisotopic (exact) mass is 379 g/mol. The van der Waals surface area contributed by atoms with Crippen LogP contribution in [0.25, 0.3) is 10.2 Å². The van der Waals surface area contributed by atoms with Crippen molar-refractivity contribution < 1.29 is 0 Å². The summed E-state index contributed by atoms with van der Waals surface area (Å²) in [6, 6.07) is 6.15. The minimum absolute atomic E-state index is 0.789. The maximum atomic E-state index is 4.73. The van der Waals surface area contributed by atoms with Gasteiger partial charge >= 0.3 is 0 Å². The molecule has 1 unspecified atom stereocenters. The highest BCUT2D eigenvalue weighted by Crippen LogP contribution is 2.40. The van der Waals surface area contributed by atoms with Gasteiger partial charge in [0, 0.05) is 43.8 Å². The number of nitrogens with zero attached hydrogens (tertiary/aromatic N) is 5. The molecule has 4 heterocycles. The van der Waals surface area contributed by atoms with Crippen LogP contribution in [0.15, 0.2) is 30.7 Å². The number of aryl methyl sites for hydroxylation is 1. The van der Waals surface area contributed by atoms with Crippen LogP contribution < -0.4 is 4.90 Å². The van der Waals surface area contributed by atoms with Crippen molar-refractivity contribution in [3.05, 3.63) is 46.9 Å². The molecule has 1 aliphatic heterocycles. The summed E-state index contributed by atoms with van der Waals surface area (Å²) in [4.78, 5) is 21.5. The third-order valence-corrected chi connectivity index (χ3v) is 7.02. The molecule has 1 aliphatic carbocycles. The van der Waals surface area contributed by atoms with Gasteiger partial charge in [-0.25, -0.2) is 9.97 Å². The summed E-state index contributed by atoms with van der Waals surface area (Å²) in [6.07, 6.45) is 7.29. The van der Waals surface area contributed by atoms with E-state index in [1.165, 1.54) is 35.0 Å². The summed E-state index contributed by atoms with van der Waals surface area (Å²) in [5.74, 6) is 1.95. The van der Waals surface area contributed by atoms with Crippen molar-refractivity contribution in [3.8, 4) is 0 Å². The van der Waals surface area contributed by atoms with Crippen LogP contribution in [0.4, 0.5) is 5.82 Å². The molecule has 2 aliphatic rings. The Morgan fingerprint density at radius 2 is 2.00 bits per heavy atom. The first-order valence-corrected chi connectivity index (χ1v) is 10.7. The number of rotatable bonds is 3. The molecule has 0 radical (unpaired) electrons. The minimum atomic E-state index is 0.789. The molecule has 0 bridgehead atoms. The molecular formula is C21H25N5S. The van der Waals surface area contributed by atoms with E-state index in [0.29, 0.717) is 0 Å². The Morgan fingerprint density at radius 3 is 2.81 bits per heavy atom. The van der Waals surface area contributed by atoms with Gasteiger partial charge in [0.2, 0.25) is 0 Å². The van der Waals surface area contributed by atoms with Crippen LogP contribution in [0.5, 0.6) is 0 Å². The van der Waals surface area contributed by atoms with Crippen LogP contribution >= 0.6 is 11.3 Å². The number of anilines is 1. The smallest absolute Gasteiger partial charge is 0.141 e. The Labute approximate surface area is 164 Å². The first-order chi connectivity index (χ1) is 13.3. The number of aromatic nitrogens is 3. The summed E-state index contributed by atoms with van der Waals surface area (Å²) in [5.41, 5.74) is 2.68. The lowest BCUT2D eigenvalue weighted by atomic mass is 9.89. The van der Waals surface area contributed by atoms with Gasteiger partial charge in [0.15, 0.2) is 0 Å². The lowest BCUT2D eigenvalue weighted by molar-refractivity contribution is 0.247. The Balaban J connectivity index is 1.36. The van der Waals surface area contributed by atoms with Gasteiger partial charge in [-0.15, -0.1) is 11.3 Å². The molecular weight excluding hydrogens is 354 g/mol. The van der Waals surface area contributed by atoms with E-state index in [9.17, 15) is 0 Å². The minimum Gasteiger partial charge on any atom is -0.353 e. The van der Waals surface area contributed by atoms with Crippen LogP contribution in [0.1, 0.15) is 29.5 Å². The fraction of sp³-hybridized carbons (Fsp3) is 0.476. The van der Waals surface area contributed by atoms with Crippen molar-refractivity contribution in [2.45, 2.75) is 32.7 Å². The highest BCUT2D eigenvalue weighted by molar-refractivity contribution is 7.19. The highest BCUT2D eigenvalue weighted by atomic mass is 32.1. The normalized spacial score (nSPS) is 20.8. The average molecular weight is 380 g/mol. The molecule has 5 nitrogen and oxygen atoms in total. The summed E-state index contributed by atoms with van der Waals surface area (Å²) in [6.45, 7) is 7.41. The fourth-order valence-electron chi connectivity index (χ4n) is 4.34. The van der Waals surface area contributed by atoms with Gasteiger partial charge in [-0.1, -0.05) is 13.0 Å². The van der Waals surface area contributed by atoms with Gasteiger partial charge in [-0.2, -0.15) is 0 Å². The fourth-order valence-corrected chi connectivity index (χ4v) is 5.68. The van der Waals surface area contributed by atoms with E-state index in [4.69, 9.17) is 4.98 Å². The van der Waals surface area contributed by atoms with Gasteiger partial charge in [-0.05, 0) is 42.9 Å². The molecule has 0 spiro atoms. The Morgan fingerprint density at radius 1 is 1.11 bits per heavy atom. The summed E-state index contributed by atoms with van der Waals surface area (Å²) >= 11 is 1.89. The molecule has 1 atom stereocenters. The van der Waals surface area contributed by atoms with E-state index in [1.54, 1.807) is 11.2 Å². The van der Waals surface area contributed by atoms with Gasteiger partial charge in [0.1, 0.15) is 17.0 Å². The van der Waals surface area contributed by atoms with Crippen LogP contribution in [-0.2, 0) is 19.4 Å². The SMILES string of the molecule is CC1CCc2c(sc3ncnc(N4CCN(Cc5ccccn5)CC4)c23)C1. The maximum absolute atomic E-state index is 4.73. The lowest BCUT2D eigenvalue weighted by Gasteiger charge is -2.35. The predicted molar refractivity (Wildman–Crippen MR) is 110 cm³/mol. The molecule has 27 heavy (non-hydrogen) atoms. The zero-order chi connectivity index (χ0) is 18.2. The van der Waals surface area contributed by atoms with Crippen molar-refractivity contribution in [1.82, 2.24) is 19.9 Å². The topological polar surface area (TPSA) is 45.2 Å². The van der Waals surface area contributed by atoms with Crippen LogP contribution in [0, 0.1) is 5.92 Å². The zero-order valence-corrected chi connectivity index (χ0v) is 16.6. The maximum Gasteiger partial charge on any atom is 0.141 e. The summed E-state index contributed by atoms with van der Waals surface area (Å²) in [7, 11) is 0. The van der Waals surface area contributed by atoms with Gasteiger partial charge < -0.3 is 4.90 Å². The number of thiophene rings is 1. The third kappa shape index (κ3) is 3.32. The molecule has 0 aromatic carbocycles. The van der Waals surface area contributed by atoms with E-state index in [1.807, 2.05) is 23.6 Å². The molecule has 6 heteroatoms. The highest BCUT2D eigenvalue weighted by Gasteiger charge is 2.26. The van der Waals surface area contributed by atoms with E-state index in [2.05, 4.69) is 38.8 Å². The molecule has 3 aromatic heterocycles. The van der Waals surface area contributed by atoms with Crippen molar-refractivity contribution >= 4 is 27.4 Å². The molecule has 3 aromatic rings. The van der Waals surface area contributed by atoms with Gasteiger partial charge in [-0.3, -0.25) is 9.88 Å². The first kappa shape index (κ1) is 17.1. The number of pyridine rings is 1. The van der Waals surface area contributed by atoms with Crippen LogP contribution in [-0.4, -0.2) is 46.0 Å². The molecule has 1 fully saturated rings. The standard InChI is InChI=1S/C21H25N5S/c1-15-5-6-17-18(12-15)27-21-19(17)20(23-14-24-21)26-10-8-25(9-11-26)13-16-4-2-3-7-22-16/h2-4,7,14-15H,5-6,8-13H2,1H3. The predicted octanol–water partition coefficient (Wildman–Crippen LogP) is 3.53. The molecule has 1 saturated heterocycles. The Bertz CT molecular complexity index is 930. The second-order valence-corrected chi connectivity index (χ2v) is 8.90. The first-order valence-electron chi connectivity index (χ1n) is 9.90. The van der Waals surface area contributed by atoms with Gasteiger partial charge in [0.05, 0.1) is 11.1 Å². The summed E-state index contributed by atoms with van der Waals surface area (Å²) in [5, 5.41) is 1.34. The second kappa shape index (κ2) is 7.17. The largest absolute Gasteiger partial charge is 0.353 e. The number of piperazine rings is 1. The molecule has 0 amide bonds. The molecule has 5 rings (SSSR count). The average Bonchev–Trinajstić information content (AvgIpc) is 3.07. The third-order valence-electron chi connectivity index (χ3n) is 5.86. The molecule has 0 N–H and O–H groups in total. The van der Waals surface area contributed by atoms with Crippen molar-refractivity contribution in [3.63, 3.8) is 0 Å². The quantitative estimate of drug-likeness (QED) is 0.697. The van der Waals surface area contributed by atoms with E-state index < -0.39 is 0 Å². The summed E-state index contributed by atoms with van der Waals surface area (Å²) < 4.78 is 0.